The van der Waals surface area contributed by atoms with Crippen LogP contribution in [0.1, 0.15) is 24.8 Å². The first-order valence-electron chi connectivity index (χ1n) is 5.77. The SMILES string of the molecule is Cc1ccc(SCCCNC2CC2)cc1. The van der Waals surface area contributed by atoms with Crippen LogP contribution in [0.15, 0.2) is 29.2 Å². The van der Waals surface area contributed by atoms with E-state index in [2.05, 4.69) is 36.5 Å². The highest BCUT2D eigenvalue weighted by molar-refractivity contribution is 7.99. The number of thioether (sulfide) groups is 1. The second-order valence-corrected chi connectivity index (χ2v) is 5.41. The molecular weight excluding hydrogens is 202 g/mol. The maximum atomic E-state index is 3.54. The third-order valence-corrected chi connectivity index (χ3v) is 3.72. The standard InChI is InChI=1S/C13H19NS/c1-11-3-7-13(8-4-11)15-10-2-9-14-12-5-6-12/h3-4,7-8,12,14H,2,5-6,9-10H2,1H3. The van der Waals surface area contributed by atoms with Crippen molar-refractivity contribution in [3.63, 3.8) is 0 Å². The van der Waals surface area contributed by atoms with Gasteiger partial charge in [-0.2, -0.15) is 0 Å². The van der Waals surface area contributed by atoms with E-state index >= 15 is 0 Å². The highest BCUT2D eigenvalue weighted by atomic mass is 32.2. The number of benzene rings is 1. The molecule has 15 heavy (non-hydrogen) atoms. The summed E-state index contributed by atoms with van der Waals surface area (Å²) < 4.78 is 0. The molecule has 0 radical (unpaired) electrons. The van der Waals surface area contributed by atoms with Gasteiger partial charge in [-0.1, -0.05) is 17.7 Å². The Morgan fingerprint density at radius 1 is 1.27 bits per heavy atom. The number of hydrogen-bond acceptors (Lipinski definition) is 2. The minimum absolute atomic E-state index is 0.856. The van der Waals surface area contributed by atoms with Crippen molar-refractivity contribution in [2.75, 3.05) is 12.3 Å². The van der Waals surface area contributed by atoms with Crippen LogP contribution in [0, 0.1) is 6.92 Å². The van der Waals surface area contributed by atoms with Crippen molar-refractivity contribution >= 4 is 11.8 Å². The Morgan fingerprint density at radius 3 is 2.67 bits per heavy atom. The fraction of sp³-hybridized carbons (Fsp3) is 0.538. The molecule has 0 aliphatic heterocycles. The predicted molar refractivity (Wildman–Crippen MR) is 67.5 cm³/mol. The van der Waals surface area contributed by atoms with Gasteiger partial charge in [0.05, 0.1) is 0 Å². The van der Waals surface area contributed by atoms with Crippen LogP contribution in [0.25, 0.3) is 0 Å². The molecule has 1 aromatic rings. The fourth-order valence-electron chi connectivity index (χ4n) is 1.49. The van der Waals surface area contributed by atoms with Crippen molar-refractivity contribution in [3.8, 4) is 0 Å². The van der Waals surface area contributed by atoms with E-state index in [1.807, 2.05) is 11.8 Å². The molecule has 0 aromatic heterocycles. The van der Waals surface area contributed by atoms with Crippen LogP contribution in [0.3, 0.4) is 0 Å². The van der Waals surface area contributed by atoms with Crippen molar-refractivity contribution in [1.29, 1.82) is 0 Å². The summed E-state index contributed by atoms with van der Waals surface area (Å²) in [6.45, 7) is 3.32. The molecule has 2 heteroatoms. The van der Waals surface area contributed by atoms with Gasteiger partial charge in [-0.25, -0.2) is 0 Å². The molecule has 0 amide bonds. The third-order valence-electron chi connectivity index (χ3n) is 2.62. The summed E-state index contributed by atoms with van der Waals surface area (Å²) >= 11 is 1.96. The Labute approximate surface area is 96.7 Å². The van der Waals surface area contributed by atoms with Gasteiger partial charge in [0, 0.05) is 10.9 Å². The first kappa shape index (κ1) is 11.0. The van der Waals surface area contributed by atoms with Gasteiger partial charge in [0.25, 0.3) is 0 Å². The Balaban J connectivity index is 1.58. The molecule has 1 aliphatic carbocycles. The zero-order valence-corrected chi connectivity index (χ0v) is 10.1. The van der Waals surface area contributed by atoms with Gasteiger partial charge >= 0.3 is 0 Å². The smallest absolute Gasteiger partial charge is 0.00721 e. The largest absolute Gasteiger partial charge is 0.314 e. The molecule has 1 nitrogen and oxygen atoms in total. The number of nitrogens with one attached hydrogen (secondary N) is 1. The Hall–Kier alpha value is -0.470. The molecule has 1 aromatic carbocycles. The Morgan fingerprint density at radius 2 is 2.00 bits per heavy atom. The summed E-state index contributed by atoms with van der Waals surface area (Å²) in [5.74, 6) is 1.22. The lowest BCUT2D eigenvalue weighted by atomic mass is 10.2. The first-order valence-corrected chi connectivity index (χ1v) is 6.76. The molecule has 0 saturated heterocycles. The van der Waals surface area contributed by atoms with Crippen LogP contribution in [-0.4, -0.2) is 18.3 Å². The molecule has 0 bridgehead atoms. The summed E-state index contributed by atoms with van der Waals surface area (Å²) in [4.78, 5) is 1.40. The van der Waals surface area contributed by atoms with Crippen LogP contribution < -0.4 is 5.32 Å². The summed E-state index contributed by atoms with van der Waals surface area (Å²) in [6, 6.07) is 9.66. The van der Waals surface area contributed by atoms with E-state index in [4.69, 9.17) is 0 Å². The number of hydrogen-bond donors (Lipinski definition) is 1. The van der Waals surface area contributed by atoms with Gasteiger partial charge < -0.3 is 5.32 Å². The normalized spacial score (nSPS) is 15.5. The molecule has 1 aliphatic rings. The lowest BCUT2D eigenvalue weighted by molar-refractivity contribution is 0.674. The van der Waals surface area contributed by atoms with E-state index in [9.17, 15) is 0 Å². The van der Waals surface area contributed by atoms with E-state index in [0.29, 0.717) is 0 Å². The zero-order chi connectivity index (χ0) is 10.5. The third kappa shape index (κ3) is 4.27. The summed E-state index contributed by atoms with van der Waals surface area (Å²) in [5, 5.41) is 3.54. The average molecular weight is 221 g/mol. The van der Waals surface area contributed by atoms with Crippen molar-refractivity contribution in [1.82, 2.24) is 5.32 Å². The molecule has 0 unspecified atom stereocenters. The van der Waals surface area contributed by atoms with Gasteiger partial charge in [0.15, 0.2) is 0 Å². The molecule has 1 saturated carbocycles. The lowest BCUT2D eigenvalue weighted by Crippen LogP contribution is -2.17. The van der Waals surface area contributed by atoms with Crippen molar-refractivity contribution in [2.45, 2.75) is 37.1 Å². The number of rotatable bonds is 6. The van der Waals surface area contributed by atoms with Gasteiger partial charge in [-0.05, 0) is 50.6 Å². The van der Waals surface area contributed by atoms with E-state index in [-0.39, 0.29) is 0 Å². The topological polar surface area (TPSA) is 12.0 Å². The summed E-state index contributed by atoms with van der Waals surface area (Å²) in [7, 11) is 0. The first-order chi connectivity index (χ1) is 7.34. The van der Waals surface area contributed by atoms with Gasteiger partial charge in [-0.15, -0.1) is 11.8 Å². The van der Waals surface area contributed by atoms with Gasteiger partial charge in [0.2, 0.25) is 0 Å². The molecule has 0 spiro atoms. The molecule has 0 atom stereocenters. The quantitative estimate of drug-likeness (QED) is 0.584. The molecule has 82 valence electrons. The van der Waals surface area contributed by atoms with Crippen LogP contribution in [0.4, 0.5) is 0 Å². The van der Waals surface area contributed by atoms with E-state index < -0.39 is 0 Å². The maximum Gasteiger partial charge on any atom is 0.00721 e. The van der Waals surface area contributed by atoms with E-state index in [1.165, 1.54) is 42.0 Å². The molecular formula is C13H19NS. The molecule has 0 heterocycles. The monoisotopic (exact) mass is 221 g/mol. The summed E-state index contributed by atoms with van der Waals surface area (Å²) in [6.07, 6.45) is 4.06. The summed E-state index contributed by atoms with van der Waals surface area (Å²) in [5.41, 5.74) is 1.34. The molecule has 1 N–H and O–H groups in total. The van der Waals surface area contributed by atoms with Crippen LogP contribution in [0.5, 0.6) is 0 Å². The highest BCUT2D eigenvalue weighted by Crippen LogP contribution is 2.20. The van der Waals surface area contributed by atoms with Gasteiger partial charge in [-0.3, -0.25) is 0 Å². The minimum Gasteiger partial charge on any atom is -0.314 e. The molecule has 1 fully saturated rings. The average Bonchev–Trinajstić information content (AvgIpc) is 3.04. The van der Waals surface area contributed by atoms with Gasteiger partial charge in [0.1, 0.15) is 0 Å². The predicted octanol–water partition coefficient (Wildman–Crippen LogP) is 3.23. The van der Waals surface area contributed by atoms with Crippen LogP contribution in [-0.2, 0) is 0 Å². The Kier molecular flexibility index (Phi) is 4.09. The molecule has 2 rings (SSSR count). The van der Waals surface area contributed by atoms with E-state index in [1.54, 1.807) is 0 Å². The minimum atomic E-state index is 0.856. The van der Waals surface area contributed by atoms with Crippen molar-refractivity contribution in [2.24, 2.45) is 0 Å². The number of aryl methyl sites for hydroxylation is 1. The zero-order valence-electron chi connectivity index (χ0n) is 9.33. The highest BCUT2D eigenvalue weighted by Gasteiger charge is 2.19. The second kappa shape index (κ2) is 5.57. The lowest BCUT2D eigenvalue weighted by Gasteiger charge is -2.03. The van der Waals surface area contributed by atoms with Crippen molar-refractivity contribution in [3.05, 3.63) is 29.8 Å². The maximum absolute atomic E-state index is 3.54. The Bertz CT molecular complexity index is 290. The van der Waals surface area contributed by atoms with Crippen LogP contribution >= 0.6 is 11.8 Å². The van der Waals surface area contributed by atoms with E-state index in [0.717, 1.165) is 6.04 Å². The van der Waals surface area contributed by atoms with Crippen molar-refractivity contribution < 1.29 is 0 Å². The van der Waals surface area contributed by atoms with Crippen LogP contribution in [0.2, 0.25) is 0 Å². The fourth-order valence-corrected chi connectivity index (χ4v) is 2.34. The second-order valence-electron chi connectivity index (χ2n) is 4.24.